The van der Waals surface area contributed by atoms with Crippen molar-refractivity contribution in [3.05, 3.63) is 95.0 Å². The van der Waals surface area contributed by atoms with Gasteiger partial charge in [-0.05, 0) is 48.9 Å². The normalized spacial score (nSPS) is 10.7. The Morgan fingerprint density at radius 2 is 1.83 bits per heavy atom. The standard InChI is InChI=1S/C22H16ClFN4O/c1-14-6-2-3-11-19(14)28-21(15-7-4-8-16(23)12-15)26-20(27-28)22(29)25-18-10-5-9-17(24)13-18/h2-13H,1H3,(H,25,29). The predicted octanol–water partition coefficient (Wildman–Crippen LogP) is 5.29. The van der Waals surface area contributed by atoms with Crippen LogP contribution in [0.4, 0.5) is 10.1 Å². The summed E-state index contributed by atoms with van der Waals surface area (Å²) >= 11 is 6.14. The highest BCUT2D eigenvalue weighted by atomic mass is 35.5. The van der Waals surface area contributed by atoms with E-state index in [1.54, 1.807) is 28.9 Å². The van der Waals surface area contributed by atoms with Crippen molar-refractivity contribution in [1.82, 2.24) is 14.8 Å². The number of hydrogen-bond acceptors (Lipinski definition) is 3. The lowest BCUT2D eigenvalue weighted by Gasteiger charge is -2.08. The van der Waals surface area contributed by atoms with Gasteiger partial charge in [-0.2, -0.15) is 0 Å². The largest absolute Gasteiger partial charge is 0.319 e. The molecule has 7 heteroatoms. The molecular formula is C22H16ClFN4O. The molecule has 1 N–H and O–H groups in total. The van der Waals surface area contributed by atoms with Crippen LogP contribution in [0.2, 0.25) is 5.02 Å². The number of carbonyl (C=O) groups excluding carboxylic acids is 1. The van der Waals surface area contributed by atoms with Gasteiger partial charge in [0, 0.05) is 16.3 Å². The fourth-order valence-corrected chi connectivity index (χ4v) is 3.14. The van der Waals surface area contributed by atoms with Crippen molar-refractivity contribution in [2.45, 2.75) is 6.92 Å². The van der Waals surface area contributed by atoms with Gasteiger partial charge >= 0.3 is 0 Å². The first-order valence-corrected chi connectivity index (χ1v) is 9.25. The van der Waals surface area contributed by atoms with E-state index in [9.17, 15) is 9.18 Å². The minimum Gasteiger partial charge on any atom is -0.319 e. The van der Waals surface area contributed by atoms with Crippen LogP contribution < -0.4 is 5.32 Å². The molecule has 0 fully saturated rings. The lowest BCUT2D eigenvalue weighted by molar-refractivity contribution is 0.101. The summed E-state index contributed by atoms with van der Waals surface area (Å²) in [6.45, 7) is 1.95. The molecule has 0 saturated carbocycles. The van der Waals surface area contributed by atoms with Crippen LogP contribution in [0.5, 0.6) is 0 Å². The molecule has 1 aromatic heterocycles. The zero-order valence-corrected chi connectivity index (χ0v) is 16.2. The Bertz CT molecular complexity index is 1200. The summed E-state index contributed by atoms with van der Waals surface area (Å²) in [7, 11) is 0. The number of rotatable bonds is 4. The second kappa shape index (κ2) is 7.85. The SMILES string of the molecule is Cc1ccccc1-n1nc(C(=O)Nc2cccc(F)c2)nc1-c1cccc(Cl)c1. The van der Waals surface area contributed by atoms with Crippen molar-refractivity contribution >= 4 is 23.2 Å². The Morgan fingerprint density at radius 3 is 2.59 bits per heavy atom. The van der Waals surface area contributed by atoms with E-state index in [0.29, 0.717) is 16.5 Å². The van der Waals surface area contributed by atoms with E-state index in [1.165, 1.54) is 18.2 Å². The molecule has 0 saturated heterocycles. The summed E-state index contributed by atoms with van der Waals surface area (Å²) in [5.74, 6) is -0.536. The van der Waals surface area contributed by atoms with Crippen molar-refractivity contribution in [3.8, 4) is 17.1 Å². The number of hydrogen-bond donors (Lipinski definition) is 1. The van der Waals surface area contributed by atoms with Crippen molar-refractivity contribution in [1.29, 1.82) is 0 Å². The van der Waals surface area contributed by atoms with Gasteiger partial charge in [-0.15, -0.1) is 5.10 Å². The number of benzene rings is 3. The van der Waals surface area contributed by atoms with Crippen molar-refractivity contribution < 1.29 is 9.18 Å². The molecule has 0 aliphatic heterocycles. The van der Waals surface area contributed by atoms with Gasteiger partial charge in [-0.3, -0.25) is 4.79 Å². The van der Waals surface area contributed by atoms with Crippen LogP contribution in [0.1, 0.15) is 16.2 Å². The molecule has 3 aromatic carbocycles. The van der Waals surface area contributed by atoms with Crippen LogP contribution in [-0.4, -0.2) is 20.7 Å². The fourth-order valence-electron chi connectivity index (χ4n) is 2.94. The maximum Gasteiger partial charge on any atom is 0.295 e. The van der Waals surface area contributed by atoms with Crippen LogP contribution in [-0.2, 0) is 0 Å². The van der Waals surface area contributed by atoms with Gasteiger partial charge in [-0.1, -0.05) is 48.0 Å². The highest BCUT2D eigenvalue weighted by molar-refractivity contribution is 6.30. The lowest BCUT2D eigenvalue weighted by Crippen LogP contribution is -2.14. The molecule has 4 aromatic rings. The molecule has 0 unspecified atom stereocenters. The second-order valence-corrected chi connectivity index (χ2v) is 6.87. The summed E-state index contributed by atoms with van der Waals surface area (Å²) in [5, 5.41) is 7.60. The average Bonchev–Trinajstić information content (AvgIpc) is 3.14. The summed E-state index contributed by atoms with van der Waals surface area (Å²) in [6, 6.07) is 20.5. The van der Waals surface area contributed by atoms with E-state index < -0.39 is 11.7 Å². The van der Waals surface area contributed by atoms with Crippen LogP contribution >= 0.6 is 11.6 Å². The van der Waals surface area contributed by atoms with Crippen LogP contribution in [0.15, 0.2) is 72.8 Å². The quantitative estimate of drug-likeness (QED) is 0.501. The minimum absolute atomic E-state index is 0.0347. The second-order valence-electron chi connectivity index (χ2n) is 6.43. The fraction of sp³-hybridized carbons (Fsp3) is 0.0455. The van der Waals surface area contributed by atoms with Gasteiger partial charge < -0.3 is 5.32 Å². The first-order chi connectivity index (χ1) is 14.0. The third-order valence-corrected chi connectivity index (χ3v) is 4.55. The highest BCUT2D eigenvalue weighted by Crippen LogP contribution is 2.25. The molecule has 5 nitrogen and oxygen atoms in total. The van der Waals surface area contributed by atoms with E-state index in [2.05, 4.69) is 15.4 Å². The summed E-state index contributed by atoms with van der Waals surface area (Å²) in [6.07, 6.45) is 0. The Kier molecular flexibility index (Phi) is 5.10. The molecule has 0 atom stereocenters. The van der Waals surface area contributed by atoms with Crippen LogP contribution in [0.3, 0.4) is 0 Å². The van der Waals surface area contributed by atoms with Gasteiger partial charge in [0.15, 0.2) is 5.82 Å². The zero-order chi connectivity index (χ0) is 20.4. The number of nitrogens with one attached hydrogen (secondary N) is 1. The van der Waals surface area contributed by atoms with Gasteiger partial charge in [0.1, 0.15) is 5.82 Å². The molecule has 1 amide bonds. The topological polar surface area (TPSA) is 59.8 Å². The first kappa shape index (κ1) is 18.8. The van der Waals surface area contributed by atoms with Crippen molar-refractivity contribution in [2.75, 3.05) is 5.32 Å². The summed E-state index contributed by atoms with van der Waals surface area (Å²) in [5.41, 5.74) is 2.81. The predicted molar refractivity (Wildman–Crippen MR) is 111 cm³/mol. The van der Waals surface area contributed by atoms with E-state index in [1.807, 2.05) is 37.3 Å². The number of amides is 1. The molecule has 144 valence electrons. The summed E-state index contributed by atoms with van der Waals surface area (Å²) in [4.78, 5) is 17.2. The Morgan fingerprint density at radius 1 is 1.03 bits per heavy atom. The minimum atomic E-state index is -0.536. The number of aromatic nitrogens is 3. The molecule has 0 aliphatic carbocycles. The number of nitrogens with zero attached hydrogens (tertiary/aromatic N) is 3. The van der Waals surface area contributed by atoms with Gasteiger partial charge in [0.05, 0.1) is 5.69 Å². The number of para-hydroxylation sites is 1. The molecule has 29 heavy (non-hydrogen) atoms. The smallest absolute Gasteiger partial charge is 0.295 e. The number of anilines is 1. The maximum absolute atomic E-state index is 13.4. The molecule has 4 rings (SSSR count). The molecule has 0 radical (unpaired) electrons. The monoisotopic (exact) mass is 406 g/mol. The van der Waals surface area contributed by atoms with Crippen LogP contribution in [0, 0.1) is 12.7 Å². The molecule has 0 spiro atoms. The number of halogens is 2. The molecule has 0 bridgehead atoms. The van der Waals surface area contributed by atoms with E-state index in [4.69, 9.17) is 11.6 Å². The Balaban J connectivity index is 1.79. The molecule has 0 aliphatic rings. The van der Waals surface area contributed by atoms with Crippen molar-refractivity contribution in [3.63, 3.8) is 0 Å². The first-order valence-electron chi connectivity index (χ1n) is 8.87. The third-order valence-electron chi connectivity index (χ3n) is 4.32. The number of carbonyl (C=O) groups is 1. The zero-order valence-electron chi connectivity index (χ0n) is 15.4. The van der Waals surface area contributed by atoms with Crippen molar-refractivity contribution in [2.24, 2.45) is 0 Å². The number of aryl methyl sites for hydroxylation is 1. The van der Waals surface area contributed by atoms with Gasteiger partial charge in [-0.25, -0.2) is 14.1 Å². The molecule has 1 heterocycles. The Labute approximate surface area is 171 Å². The summed E-state index contributed by atoms with van der Waals surface area (Å²) < 4.78 is 15.0. The van der Waals surface area contributed by atoms with E-state index in [-0.39, 0.29) is 5.82 Å². The van der Waals surface area contributed by atoms with E-state index in [0.717, 1.165) is 16.8 Å². The molecular weight excluding hydrogens is 391 g/mol. The van der Waals surface area contributed by atoms with Gasteiger partial charge in [0.2, 0.25) is 5.82 Å². The van der Waals surface area contributed by atoms with Gasteiger partial charge in [0.25, 0.3) is 5.91 Å². The third kappa shape index (κ3) is 4.02. The van der Waals surface area contributed by atoms with Crippen LogP contribution in [0.25, 0.3) is 17.1 Å². The average molecular weight is 407 g/mol. The Hall–Kier alpha value is -3.51. The van der Waals surface area contributed by atoms with E-state index >= 15 is 0 Å². The lowest BCUT2D eigenvalue weighted by atomic mass is 10.2. The maximum atomic E-state index is 13.4. The highest BCUT2D eigenvalue weighted by Gasteiger charge is 2.20.